The quantitative estimate of drug-likeness (QED) is 0.658. The SMILES string of the molecule is O=C(O)c1coc(C(=O)Nc2cc([N+](=O)[O-])ccc2F)c1. The number of halogens is 1. The lowest BCUT2D eigenvalue weighted by Gasteiger charge is -2.04. The maximum absolute atomic E-state index is 13.5. The van der Waals surface area contributed by atoms with Crippen LogP contribution in [0, 0.1) is 15.9 Å². The highest BCUT2D eigenvalue weighted by molar-refractivity contribution is 6.03. The number of carbonyl (C=O) groups excluding carboxylic acids is 1. The lowest BCUT2D eigenvalue weighted by atomic mass is 10.2. The first-order valence-electron chi connectivity index (χ1n) is 5.45. The second-order valence-corrected chi connectivity index (χ2v) is 3.88. The summed E-state index contributed by atoms with van der Waals surface area (Å²) >= 11 is 0. The number of benzene rings is 1. The van der Waals surface area contributed by atoms with Gasteiger partial charge in [0.15, 0.2) is 5.76 Å². The van der Waals surface area contributed by atoms with Crippen molar-refractivity contribution in [3.8, 4) is 0 Å². The molecule has 0 saturated heterocycles. The summed E-state index contributed by atoms with van der Waals surface area (Å²) in [5, 5.41) is 21.3. The van der Waals surface area contributed by atoms with Gasteiger partial charge in [0.1, 0.15) is 12.1 Å². The highest BCUT2D eigenvalue weighted by Crippen LogP contribution is 2.22. The van der Waals surface area contributed by atoms with Gasteiger partial charge in [0.2, 0.25) is 0 Å². The number of carboxylic acid groups (broad SMARTS) is 1. The Morgan fingerprint density at radius 3 is 2.62 bits per heavy atom. The number of nitrogens with one attached hydrogen (secondary N) is 1. The fraction of sp³-hybridized carbons (Fsp3) is 0. The van der Waals surface area contributed by atoms with E-state index >= 15 is 0 Å². The van der Waals surface area contributed by atoms with Crippen LogP contribution in [0.25, 0.3) is 0 Å². The monoisotopic (exact) mass is 294 g/mol. The number of rotatable bonds is 4. The zero-order chi connectivity index (χ0) is 15.6. The summed E-state index contributed by atoms with van der Waals surface area (Å²) in [6, 6.07) is 3.57. The molecule has 0 aliphatic rings. The Morgan fingerprint density at radius 1 is 1.33 bits per heavy atom. The molecule has 0 atom stereocenters. The topological polar surface area (TPSA) is 123 Å². The van der Waals surface area contributed by atoms with Crippen molar-refractivity contribution in [1.29, 1.82) is 0 Å². The number of amides is 1. The summed E-state index contributed by atoms with van der Waals surface area (Å²) in [6.07, 6.45) is 0.848. The molecule has 0 bridgehead atoms. The van der Waals surface area contributed by atoms with Crippen LogP contribution in [-0.4, -0.2) is 21.9 Å². The Morgan fingerprint density at radius 2 is 2.05 bits per heavy atom. The van der Waals surface area contributed by atoms with Gasteiger partial charge >= 0.3 is 5.97 Å². The summed E-state index contributed by atoms with van der Waals surface area (Å²) in [5.41, 5.74) is -1.07. The largest absolute Gasteiger partial charge is 0.478 e. The van der Waals surface area contributed by atoms with Crippen molar-refractivity contribution in [2.75, 3.05) is 5.32 Å². The van der Waals surface area contributed by atoms with E-state index in [0.29, 0.717) is 0 Å². The second kappa shape index (κ2) is 5.41. The van der Waals surface area contributed by atoms with Gasteiger partial charge in [0.05, 0.1) is 16.2 Å². The van der Waals surface area contributed by atoms with E-state index in [-0.39, 0.29) is 11.3 Å². The van der Waals surface area contributed by atoms with Crippen LogP contribution >= 0.6 is 0 Å². The summed E-state index contributed by atoms with van der Waals surface area (Å²) in [6.45, 7) is 0. The van der Waals surface area contributed by atoms with Gasteiger partial charge in [0.25, 0.3) is 11.6 Å². The number of nitro groups is 1. The molecular formula is C12H7FN2O6. The standard InChI is InChI=1S/C12H7FN2O6/c13-8-2-1-7(15(19)20)4-9(8)14-11(16)10-3-6(5-21-10)12(17)18/h1-5H,(H,14,16)(H,17,18). The first kappa shape index (κ1) is 14.2. The lowest BCUT2D eigenvalue weighted by molar-refractivity contribution is -0.384. The number of carboxylic acids is 1. The molecule has 9 heteroatoms. The second-order valence-electron chi connectivity index (χ2n) is 3.88. The molecule has 1 heterocycles. The number of anilines is 1. The molecule has 2 aromatic rings. The molecule has 0 aliphatic carbocycles. The van der Waals surface area contributed by atoms with Crippen LogP contribution in [0.3, 0.4) is 0 Å². The predicted molar refractivity (Wildman–Crippen MR) is 66.7 cm³/mol. The minimum atomic E-state index is -1.29. The first-order chi connectivity index (χ1) is 9.88. The fourth-order valence-corrected chi connectivity index (χ4v) is 1.47. The van der Waals surface area contributed by atoms with Gasteiger partial charge in [-0.25, -0.2) is 9.18 Å². The third-order valence-corrected chi connectivity index (χ3v) is 2.48. The summed E-state index contributed by atoms with van der Waals surface area (Å²) in [5.74, 6) is -3.46. The average molecular weight is 294 g/mol. The third-order valence-electron chi connectivity index (χ3n) is 2.48. The first-order valence-corrected chi connectivity index (χ1v) is 5.45. The minimum Gasteiger partial charge on any atom is -0.478 e. The van der Waals surface area contributed by atoms with Crippen molar-refractivity contribution >= 4 is 23.3 Å². The van der Waals surface area contributed by atoms with E-state index in [2.05, 4.69) is 5.32 Å². The molecule has 21 heavy (non-hydrogen) atoms. The number of carbonyl (C=O) groups is 2. The molecule has 0 fully saturated rings. The minimum absolute atomic E-state index is 0.250. The molecule has 8 nitrogen and oxygen atoms in total. The van der Waals surface area contributed by atoms with E-state index in [1.165, 1.54) is 0 Å². The number of hydrogen-bond donors (Lipinski definition) is 2. The maximum atomic E-state index is 13.5. The summed E-state index contributed by atoms with van der Waals surface area (Å²) in [7, 11) is 0. The number of nitro benzene ring substituents is 1. The zero-order valence-corrected chi connectivity index (χ0v) is 10.2. The van der Waals surface area contributed by atoms with Crippen molar-refractivity contribution in [3.05, 3.63) is 57.8 Å². The van der Waals surface area contributed by atoms with Gasteiger partial charge in [-0.15, -0.1) is 0 Å². The molecule has 0 aliphatic heterocycles. The highest BCUT2D eigenvalue weighted by atomic mass is 19.1. The van der Waals surface area contributed by atoms with Crippen LogP contribution in [-0.2, 0) is 0 Å². The number of aromatic carboxylic acids is 1. The number of furan rings is 1. The molecule has 108 valence electrons. The molecule has 0 saturated carbocycles. The van der Waals surface area contributed by atoms with Crippen molar-refractivity contribution in [2.24, 2.45) is 0 Å². The van der Waals surface area contributed by atoms with E-state index < -0.39 is 34.0 Å². The van der Waals surface area contributed by atoms with Gasteiger partial charge in [-0.2, -0.15) is 0 Å². The number of hydrogen-bond acceptors (Lipinski definition) is 5. The summed E-state index contributed by atoms with van der Waals surface area (Å²) in [4.78, 5) is 32.2. The van der Waals surface area contributed by atoms with Crippen molar-refractivity contribution in [1.82, 2.24) is 0 Å². The zero-order valence-electron chi connectivity index (χ0n) is 10.2. The van der Waals surface area contributed by atoms with Gasteiger partial charge in [0, 0.05) is 18.2 Å². The Hall–Kier alpha value is -3.23. The molecule has 2 rings (SSSR count). The summed E-state index contributed by atoms with van der Waals surface area (Å²) < 4.78 is 18.2. The highest BCUT2D eigenvalue weighted by Gasteiger charge is 2.18. The molecule has 2 N–H and O–H groups in total. The van der Waals surface area contributed by atoms with E-state index in [0.717, 1.165) is 30.5 Å². The van der Waals surface area contributed by atoms with Crippen LogP contribution < -0.4 is 5.32 Å². The normalized spacial score (nSPS) is 10.1. The van der Waals surface area contributed by atoms with Crippen molar-refractivity contribution in [3.63, 3.8) is 0 Å². The van der Waals surface area contributed by atoms with E-state index in [1.807, 2.05) is 0 Å². The van der Waals surface area contributed by atoms with Gasteiger partial charge in [-0.1, -0.05) is 0 Å². The molecule has 0 radical (unpaired) electrons. The molecule has 0 spiro atoms. The van der Waals surface area contributed by atoms with Crippen LogP contribution in [0.2, 0.25) is 0 Å². The third kappa shape index (κ3) is 3.03. The molecule has 1 amide bonds. The van der Waals surface area contributed by atoms with Gasteiger partial charge in [-0.05, 0) is 6.07 Å². The van der Waals surface area contributed by atoms with Crippen LogP contribution in [0.5, 0.6) is 0 Å². The van der Waals surface area contributed by atoms with E-state index in [1.54, 1.807) is 0 Å². The Kier molecular flexibility index (Phi) is 3.65. The predicted octanol–water partition coefficient (Wildman–Crippen LogP) is 2.28. The average Bonchev–Trinajstić information content (AvgIpc) is 2.90. The van der Waals surface area contributed by atoms with Crippen LogP contribution in [0.1, 0.15) is 20.9 Å². The number of nitrogens with zero attached hydrogens (tertiary/aromatic N) is 1. The Bertz CT molecular complexity index is 739. The molecular weight excluding hydrogens is 287 g/mol. The van der Waals surface area contributed by atoms with Crippen LogP contribution in [0.4, 0.5) is 15.8 Å². The maximum Gasteiger partial charge on any atom is 0.338 e. The molecule has 0 unspecified atom stereocenters. The molecule has 1 aromatic heterocycles. The van der Waals surface area contributed by atoms with E-state index in [4.69, 9.17) is 9.52 Å². The van der Waals surface area contributed by atoms with Crippen LogP contribution in [0.15, 0.2) is 34.9 Å². The van der Waals surface area contributed by atoms with Crippen molar-refractivity contribution in [2.45, 2.75) is 0 Å². The Balaban J connectivity index is 2.24. The van der Waals surface area contributed by atoms with E-state index in [9.17, 15) is 24.1 Å². The molecule has 1 aromatic carbocycles. The lowest BCUT2D eigenvalue weighted by Crippen LogP contribution is -2.12. The van der Waals surface area contributed by atoms with Gasteiger partial charge < -0.3 is 14.8 Å². The van der Waals surface area contributed by atoms with Gasteiger partial charge in [-0.3, -0.25) is 14.9 Å². The Labute approximate surface area is 115 Å². The number of non-ortho nitro benzene ring substituents is 1. The van der Waals surface area contributed by atoms with Crippen molar-refractivity contribution < 1.29 is 28.4 Å². The smallest absolute Gasteiger partial charge is 0.338 e. The fourth-order valence-electron chi connectivity index (χ4n) is 1.47.